The fourth-order valence-electron chi connectivity index (χ4n) is 1.31. The quantitative estimate of drug-likeness (QED) is 0.831. The molecule has 1 rings (SSSR count). The van der Waals surface area contributed by atoms with Crippen LogP contribution in [0.15, 0.2) is 12.5 Å². The van der Waals surface area contributed by atoms with E-state index in [2.05, 4.69) is 33.2 Å². The summed E-state index contributed by atoms with van der Waals surface area (Å²) in [6.07, 6.45) is 5.37. The van der Waals surface area contributed by atoms with E-state index in [0.29, 0.717) is 0 Å². The topological polar surface area (TPSA) is 46.9 Å². The van der Waals surface area contributed by atoms with Gasteiger partial charge in [-0.15, -0.1) is 0 Å². The number of nitrogens with zero attached hydrogens (tertiary/aromatic N) is 2. The first-order valence-electron chi connectivity index (χ1n) is 4.50. The molecule has 0 unspecified atom stereocenters. The Morgan fingerprint density at radius 3 is 2.93 bits per heavy atom. The van der Waals surface area contributed by atoms with Crippen LogP contribution in [0.4, 0.5) is 0 Å². The summed E-state index contributed by atoms with van der Waals surface area (Å²) in [6, 6.07) is -0.0469. The molecule has 0 radical (unpaired) electrons. The van der Waals surface area contributed by atoms with Gasteiger partial charge in [-0.05, 0) is 26.8 Å². The number of nitrogens with one attached hydrogen (secondary N) is 1. The Bertz CT molecular complexity index is 311. The maximum Gasteiger partial charge on any atom is 0.146 e. The van der Waals surface area contributed by atoms with Crippen LogP contribution in [0.3, 0.4) is 0 Å². The van der Waals surface area contributed by atoms with Crippen LogP contribution in [0.1, 0.15) is 19.0 Å². The van der Waals surface area contributed by atoms with Gasteiger partial charge >= 0.3 is 0 Å². The van der Waals surface area contributed by atoms with E-state index in [-0.39, 0.29) is 11.8 Å². The van der Waals surface area contributed by atoms with Gasteiger partial charge in [0.15, 0.2) is 0 Å². The lowest BCUT2D eigenvalue weighted by molar-refractivity contribution is -0.119. The predicted molar refractivity (Wildman–Crippen MR) is 63.5 cm³/mol. The van der Waals surface area contributed by atoms with Gasteiger partial charge in [0.25, 0.3) is 0 Å². The molecule has 4 nitrogen and oxygen atoms in total. The largest absolute Gasteiger partial charge is 0.311 e. The molecule has 0 spiro atoms. The van der Waals surface area contributed by atoms with Gasteiger partial charge in [0, 0.05) is 6.20 Å². The second kappa shape index (κ2) is 5.45. The van der Waals surface area contributed by atoms with Gasteiger partial charge in [0.2, 0.25) is 0 Å². The summed E-state index contributed by atoms with van der Waals surface area (Å²) in [5.74, 6) is 0.182. The minimum absolute atomic E-state index is 0.0469. The van der Waals surface area contributed by atoms with E-state index in [1.54, 1.807) is 13.3 Å². The number of hydrogen-bond acceptors (Lipinski definition) is 3. The third-order valence-electron chi connectivity index (χ3n) is 2.13. The van der Waals surface area contributed by atoms with Gasteiger partial charge in [0.1, 0.15) is 12.1 Å². The molecule has 1 N–H and O–H groups in total. The molecule has 1 aromatic heterocycles. The summed E-state index contributed by atoms with van der Waals surface area (Å²) in [4.78, 5) is 15.3. The molecule has 1 aromatic rings. The molecule has 0 saturated carbocycles. The summed E-state index contributed by atoms with van der Waals surface area (Å²) in [7, 11) is 1.81. The minimum Gasteiger partial charge on any atom is -0.311 e. The molecule has 0 amide bonds. The van der Waals surface area contributed by atoms with Crippen LogP contribution < -0.4 is 5.32 Å². The first kappa shape index (κ1) is 11.6. The Morgan fingerprint density at radius 1 is 1.79 bits per heavy atom. The Morgan fingerprint density at radius 2 is 2.50 bits per heavy atom. The van der Waals surface area contributed by atoms with Gasteiger partial charge < -0.3 is 5.32 Å². The lowest BCUT2D eigenvalue weighted by Crippen LogP contribution is -2.32. The number of halogens is 1. The molecule has 0 aliphatic carbocycles. The number of aromatic nitrogens is 2. The van der Waals surface area contributed by atoms with E-state index in [9.17, 15) is 4.79 Å². The van der Waals surface area contributed by atoms with E-state index >= 15 is 0 Å². The first-order valence-corrected chi connectivity index (χ1v) is 5.46. The normalized spacial score (nSPS) is 12.8. The molecule has 1 atom stereocenters. The predicted octanol–water partition coefficient (Wildman–Crippen LogP) is 1.19. The van der Waals surface area contributed by atoms with Gasteiger partial charge in [-0.1, -0.05) is 0 Å². The van der Waals surface area contributed by atoms with Crippen LogP contribution in [0.25, 0.3) is 0 Å². The zero-order valence-electron chi connectivity index (χ0n) is 8.33. The summed E-state index contributed by atoms with van der Waals surface area (Å²) >= 11 is 2.15. The SMILES string of the molecule is CN[C@@H](CCc1cn(I)cn1)C(C)=O. The molecule has 78 valence electrons. The second-order valence-electron chi connectivity index (χ2n) is 3.20. The van der Waals surface area contributed by atoms with Crippen molar-refractivity contribution in [2.45, 2.75) is 25.8 Å². The number of imidazole rings is 1. The maximum atomic E-state index is 11.1. The van der Waals surface area contributed by atoms with Crippen LogP contribution in [0.5, 0.6) is 0 Å². The highest BCUT2D eigenvalue weighted by Crippen LogP contribution is 2.05. The fraction of sp³-hybridized carbons (Fsp3) is 0.556. The standard InChI is InChI=1S/C9H14IN3O/c1-7(14)9(11-2)4-3-8-5-13(10)6-12-8/h5-6,9,11H,3-4H2,1-2H3/t9-/m0/s1. The Kier molecular flexibility index (Phi) is 4.53. The maximum absolute atomic E-state index is 11.1. The summed E-state index contributed by atoms with van der Waals surface area (Å²) < 4.78 is 1.88. The number of hydrogen-bond donors (Lipinski definition) is 1. The molecule has 0 aliphatic rings. The third-order valence-corrected chi connectivity index (χ3v) is 2.66. The van der Waals surface area contributed by atoms with Crippen molar-refractivity contribution < 1.29 is 4.79 Å². The molecule has 0 saturated heterocycles. The molecule has 5 heteroatoms. The molecule has 0 bridgehead atoms. The smallest absolute Gasteiger partial charge is 0.146 e. The van der Waals surface area contributed by atoms with Crippen molar-refractivity contribution in [3.8, 4) is 0 Å². The molecule has 0 aliphatic heterocycles. The van der Waals surface area contributed by atoms with Crippen LogP contribution in [-0.4, -0.2) is 26.6 Å². The van der Waals surface area contributed by atoms with Crippen LogP contribution >= 0.6 is 22.9 Å². The highest BCUT2D eigenvalue weighted by atomic mass is 127. The Balaban J connectivity index is 2.43. The van der Waals surface area contributed by atoms with E-state index in [1.807, 2.05) is 16.0 Å². The van der Waals surface area contributed by atoms with Crippen molar-refractivity contribution in [3.05, 3.63) is 18.2 Å². The number of carbonyl (C=O) groups excluding carboxylic acids is 1. The van der Waals surface area contributed by atoms with Crippen LogP contribution in [-0.2, 0) is 11.2 Å². The van der Waals surface area contributed by atoms with E-state index in [0.717, 1.165) is 18.5 Å². The lowest BCUT2D eigenvalue weighted by Gasteiger charge is -2.10. The number of carbonyl (C=O) groups is 1. The van der Waals surface area contributed by atoms with Gasteiger partial charge in [-0.3, -0.25) is 7.58 Å². The Labute approximate surface area is 97.6 Å². The molecular formula is C9H14IN3O. The van der Waals surface area contributed by atoms with Crippen LogP contribution in [0.2, 0.25) is 0 Å². The van der Waals surface area contributed by atoms with Crippen molar-refractivity contribution in [3.63, 3.8) is 0 Å². The van der Waals surface area contributed by atoms with Crippen molar-refractivity contribution in [1.82, 2.24) is 13.1 Å². The summed E-state index contributed by atoms with van der Waals surface area (Å²) in [5.41, 5.74) is 1.03. The highest BCUT2D eigenvalue weighted by Gasteiger charge is 2.11. The van der Waals surface area contributed by atoms with Crippen molar-refractivity contribution in [2.24, 2.45) is 0 Å². The average molecular weight is 307 g/mol. The molecule has 0 aromatic carbocycles. The number of aryl methyl sites for hydroxylation is 1. The summed E-state index contributed by atoms with van der Waals surface area (Å²) in [5, 5.41) is 2.99. The monoisotopic (exact) mass is 307 g/mol. The molecule has 0 fully saturated rings. The number of likely N-dealkylation sites (N-methyl/N-ethyl adjacent to an activating group) is 1. The molecule has 1 heterocycles. The average Bonchev–Trinajstić information content (AvgIpc) is 2.52. The lowest BCUT2D eigenvalue weighted by atomic mass is 10.1. The molecular weight excluding hydrogens is 293 g/mol. The van der Waals surface area contributed by atoms with Crippen LogP contribution in [0, 0.1) is 0 Å². The highest BCUT2D eigenvalue weighted by molar-refractivity contribution is 14.1. The fourth-order valence-corrected chi connectivity index (χ4v) is 1.76. The first-order chi connectivity index (χ1) is 6.63. The van der Waals surface area contributed by atoms with Crippen molar-refractivity contribution >= 4 is 28.6 Å². The van der Waals surface area contributed by atoms with E-state index in [1.165, 1.54) is 0 Å². The Hall–Kier alpha value is -0.430. The third kappa shape index (κ3) is 3.38. The van der Waals surface area contributed by atoms with Gasteiger partial charge in [-0.25, -0.2) is 4.98 Å². The number of Topliss-reactive ketones (excluding diaryl/α,β-unsaturated/α-hetero) is 1. The van der Waals surface area contributed by atoms with Crippen molar-refractivity contribution in [1.29, 1.82) is 0 Å². The molecule has 14 heavy (non-hydrogen) atoms. The van der Waals surface area contributed by atoms with E-state index in [4.69, 9.17) is 0 Å². The second-order valence-corrected chi connectivity index (χ2v) is 4.31. The van der Waals surface area contributed by atoms with Gasteiger partial charge in [0.05, 0.1) is 34.6 Å². The number of rotatable bonds is 5. The zero-order chi connectivity index (χ0) is 10.6. The van der Waals surface area contributed by atoms with Crippen molar-refractivity contribution in [2.75, 3.05) is 7.05 Å². The zero-order valence-corrected chi connectivity index (χ0v) is 10.5. The number of ketones is 1. The van der Waals surface area contributed by atoms with Gasteiger partial charge in [-0.2, -0.15) is 0 Å². The minimum atomic E-state index is -0.0469. The van der Waals surface area contributed by atoms with E-state index < -0.39 is 0 Å². The summed E-state index contributed by atoms with van der Waals surface area (Å²) in [6.45, 7) is 1.61.